The molecule has 5 heteroatoms. The molecule has 13 heavy (non-hydrogen) atoms. The van der Waals surface area contributed by atoms with Crippen LogP contribution in [0.1, 0.15) is 0 Å². The van der Waals surface area contributed by atoms with Crippen molar-refractivity contribution < 1.29 is 8.42 Å². The Bertz CT molecular complexity index is 397. The van der Waals surface area contributed by atoms with Crippen LogP contribution in [-0.2, 0) is 10.0 Å². The molecule has 1 aromatic carbocycles. The summed E-state index contributed by atoms with van der Waals surface area (Å²) in [5, 5.41) is 0. The van der Waals surface area contributed by atoms with Gasteiger partial charge in [0, 0.05) is 3.57 Å². The van der Waals surface area contributed by atoms with E-state index in [-0.39, 0.29) is 20.7 Å². The van der Waals surface area contributed by atoms with E-state index in [1.165, 1.54) is 7.05 Å². The molecule has 0 radical (unpaired) electrons. The summed E-state index contributed by atoms with van der Waals surface area (Å²) in [5.74, 6) is 0. The number of hydrogen-bond donors (Lipinski definition) is 1. The number of nitrogens with one attached hydrogen (secondary N) is 1. The molecule has 0 unspecified atom stereocenters. The van der Waals surface area contributed by atoms with Crippen LogP contribution in [0.15, 0.2) is 29.2 Å². The highest BCUT2D eigenvalue weighted by Gasteiger charge is 2.09. The van der Waals surface area contributed by atoms with E-state index in [2.05, 4.69) is 9.24 Å². The number of benzene rings is 1. The largest absolute Gasteiger partial charge is 0.240 e. The molecule has 0 bridgehead atoms. The zero-order chi connectivity index (χ0) is 9.90. The third-order valence-electron chi connectivity index (χ3n) is 1.55. The second-order valence-electron chi connectivity index (χ2n) is 2.30. The molecule has 0 aliphatic carbocycles. The second-order valence-corrected chi connectivity index (χ2v) is 6.19. The quantitative estimate of drug-likeness (QED) is 0.852. The lowest BCUT2D eigenvalue weighted by Crippen LogP contribution is -2.18. The minimum absolute atomic E-state index is 0.210. The van der Waals surface area contributed by atoms with Gasteiger partial charge in [-0.05, 0) is 31.3 Å². The van der Waals surface area contributed by atoms with Gasteiger partial charge < -0.3 is 0 Å². The molecule has 0 aromatic heterocycles. The molecule has 0 spiro atoms. The summed E-state index contributed by atoms with van der Waals surface area (Å²) in [6.45, 7) is 0. The second kappa shape index (κ2) is 4.30. The van der Waals surface area contributed by atoms with Gasteiger partial charge in [-0.3, -0.25) is 0 Å². The smallest absolute Gasteiger partial charge is 0.214 e. The van der Waals surface area contributed by atoms with Crippen LogP contribution in [0.4, 0.5) is 0 Å². The number of rotatable bonds is 3. The van der Waals surface area contributed by atoms with E-state index in [0.717, 1.165) is 3.57 Å². The number of sulfonamides is 1. The zero-order valence-electron chi connectivity index (χ0n) is 7.12. The Morgan fingerprint density at radius 1 is 1.31 bits per heavy atom. The molecule has 0 heterocycles. The average molecular weight is 311 g/mol. The van der Waals surface area contributed by atoms with E-state index in [1.54, 1.807) is 12.1 Å². The molecule has 1 rings (SSSR count). The maximum absolute atomic E-state index is 11.3. The van der Waals surface area contributed by atoms with Crippen molar-refractivity contribution in [3.63, 3.8) is 0 Å². The summed E-state index contributed by atoms with van der Waals surface area (Å²) in [7, 11) is -1.88. The first-order valence-corrected chi connectivity index (χ1v) is 7.61. The first-order chi connectivity index (χ1) is 6.10. The fraction of sp³-hybridized carbons (Fsp3) is 0.125. The lowest BCUT2D eigenvalue weighted by molar-refractivity contribution is 0.588. The Kier molecular flexibility index (Phi) is 3.57. The third kappa shape index (κ3) is 2.58. The van der Waals surface area contributed by atoms with E-state index >= 15 is 0 Å². The molecule has 0 saturated carbocycles. The van der Waals surface area contributed by atoms with Crippen molar-refractivity contribution in [1.29, 1.82) is 0 Å². The molecule has 3 nitrogen and oxygen atoms in total. The fourth-order valence-corrected chi connectivity index (χ4v) is 2.42. The summed E-state index contributed by atoms with van der Waals surface area (Å²) in [6.07, 6.45) is 0. The maximum atomic E-state index is 11.3. The highest BCUT2D eigenvalue weighted by Crippen LogP contribution is 2.13. The predicted molar refractivity (Wildman–Crippen MR) is 62.5 cm³/mol. The van der Waals surface area contributed by atoms with E-state index < -0.39 is 10.0 Å². The van der Waals surface area contributed by atoms with Gasteiger partial charge in [0.1, 0.15) is 0 Å². The monoisotopic (exact) mass is 311 g/mol. The minimum atomic E-state index is -3.28. The van der Waals surface area contributed by atoms with Gasteiger partial charge in [-0.15, -0.1) is 0 Å². The molecule has 0 atom stereocenters. The SMILES string of the molecule is C=Ic1ccc(S(=O)(=O)NC)cc1. The maximum Gasteiger partial charge on any atom is 0.240 e. The molecule has 1 N–H and O–H groups in total. The summed E-state index contributed by atoms with van der Waals surface area (Å²) in [4.78, 5) is 0.302. The predicted octanol–water partition coefficient (Wildman–Crippen LogP) is 1.17. The van der Waals surface area contributed by atoms with Gasteiger partial charge in [-0.2, -0.15) is 0 Å². The summed E-state index contributed by atoms with van der Waals surface area (Å²) in [6, 6.07) is 6.83. The van der Waals surface area contributed by atoms with Gasteiger partial charge in [0.25, 0.3) is 0 Å². The molecule has 0 amide bonds. The Hall–Kier alpha value is -0.270. The average Bonchev–Trinajstić information content (AvgIpc) is 2.18. The van der Waals surface area contributed by atoms with Crippen LogP contribution in [0.25, 0.3) is 0 Å². The van der Waals surface area contributed by atoms with Crippen molar-refractivity contribution in [3.05, 3.63) is 27.8 Å². The molecular formula is C8H10INO2S. The van der Waals surface area contributed by atoms with Crippen molar-refractivity contribution in [2.75, 3.05) is 7.05 Å². The van der Waals surface area contributed by atoms with E-state index in [4.69, 9.17) is 0 Å². The highest BCUT2D eigenvalue weighted by molar-refractivity contribution is 14.2. The Morgan fingerprint density at radius 3 is 2.23 bits per heavy atom. The molecule has 0 aliphatic heterocycles. The zero-order valence-corrected chi connectivity index (χ0v) is 10.1. The lowest BCUT2D eigenvalue weighted by atomic mass is 10.4. The van der Waals surface area contributed by atoms with Crippen LogP contribution >= 0.6 is 20.7 Å². The molecule has 72 valence electrons. The first kappa shape index (κ1) is 10.8. The Morgan fingerprint density at radius 2 is 1.85 bits per heavy atom. The van der Waals surface area contributed by atoms with Crippen LogP contribution in [-0.4, -0.2) is 20.0 Å². The Balaban J connectivity index is 3.13. The molecule has 1 aromatic rings. The minimum Gasteiger partial charge on any atom is -0.214 e. The van der Waals surface area contributed by atoms with Gasteiger partial charge in [0.2, 0.25) is 10.0 Å². The van der Waals surface area contributed by atoms with E-state index in [0.29, 0.717) is 4.90 Å². The van der Waals surface area contributed by atoms with Crippen molar-refractivity contribution in [1.82, 2.24) is 4.72 Å². The van der Waals surface area contributed by atoms with Crippen molar-refractivity contribution in [3.8, 4) is 0 Å². The van der Waals surface area contributed by atoms with Gasteiger partial charge in [0.05, 0.1) is 4.90 Å². The van der Waals surface area contributed by atoms with Gasteiger partial charge in [0.15, 0.2) is 0 Å². The van der Waals surface area contributed by atoms with Gasteiger partial charge in [-0.25, -0.2) is 13.1 Å². The number of hydrogen-bond acceptors (Lipinski definition) is 2. The standard InChI is InChI=1S/C8H10INO2S/c1-9-7-3-5-8(6-4-7)13(11,12)10-2/h3-6,10H,1H2,2H3. The lowest BCUT2D eigenvalue weighted by Gasteiger charge is -2.01. The normalized spacial score (nSPS) is 11.5. The first-order valence-electron chi connectivity index (χ1n) is 3.52. The molecule has 0 fully saturated rings. The van der Waals surface area contributed by atoms with E-state index in [1.807, 2.05) is 12.1 Å². The highest BCUT2D eigenvalue weighted by atomic mass is 127. The van der Waals surface area contributed by atoms with Gasteiger partial charge >= 0.3 is 0 Å². The van der Waals surface area contributed by atoms with Crippen molar-refractivity contribution >= 4 is 35.3 Å². The summed E-state index contributed by atoms with van der Waals surface area (Å²) < 4.78 is 29.8. The molecule has 0 saturated heterocycles. The van der Waals surface area contributed by atoms with Gasteiger partial charge in [-0.1, -0.05) is 25.2 Å². The number of halogens is 1. The topological polar surface area (TPSA) is 46.2 Å². The molecular weight excluding hydrogens is 301 g/mol. The fourth-order valence-electron chi connectivity index (χ4n) is 0.821. The Labute approximate surface area is 88.0 Å². The molecule has 0 aliphatic rings. The van der Waals surface area contributed by atoms with Crippen LogP contribution in [0.5, 0.6) is 0 Å². The van der Waals surface area contributed by atoms with Crippen LogP contribution < -0.4 is 4.72 Å². The third-order valence-corrected chi connectivity index (χ3v) is 4.58. The van der Waals surface area contributed by atoms with E-state index in [9.17, 15) is 8.42 Å². The summed E-state index contributed by atoms with van der Waals surface area (Å²) >= 11 is -0.210. The van der Waals surface area contributed by atoms with Crippen molar-refractivity contribution in [2.24, 2.45) is 0 Å². The summed E-state index contributed by atoms with van der Waals surface area (Å²) in [5.41, 5.74) is 0. The van der Waals surface area contributed by atoms with Crippen molar-refractivity contribution in [2.45, 2.75) is 4.90 Å². The van der Waals surface area contributed by atoms with Crippen LogP contribution in [0, 0.1) is 3.57 Å². The van der Waals surface area contributed by atoms with Crippen LogP contribution in [0.3, 0.4) is 0 Å². The van der Waals surface area contributed by atoms with Crippen LogP contribution in [0.2, 0.25) is 0 Å².